The van der Waals surface area contributed by atoms with Gasteiger partial charge in [-0.1, -0.05) is 35.0 Å². The van der Waals surface area contributed by atoms with Crippen molar-refractivity contribution in [1.29, 1.82) is 0 Å². The maximum atomic E-state index is 12.1. The first kappa shape index (κ1) is 14.5. The van der Waals surface area contributed by atoms with E-state index < -0.39 is 12.2 Å². The number of carbonyl (C=O) groups is 1. The summed E-state index contributed by atoms with van der Waals surface area (Å²) in [5.41, 5.74) is 1.11. The van der Waals surface area contributed by atoms with Gasteiger partial charge in [-0.05, 0) is 23.6 Å². The van der Waals surface area contributed by atoms with Gasteiger partial charge in [0.15, 0.2) is 0 Å². The van der Waals surface area contributed by atoms with E-state index in [0.717, 1.165) is 10.0 Å². The normalized spacial score (nSPS) is 24.5. The predicted molar refractivity (Wildman–Crippen MR) is 75.8 cm³/mol. The van der Waals surface area contributed by atoms with Crippen molar-refractivity contribution < 1.29 is 15.0 Å². The Morgan fingerprint density at radius 3 is 2.37 bits per heavy atom. The van der Waals surface area contributed by atoms with E-state index in [1.54, 1.807) is 0 Å². The molecule has 0 aliphatic carbocycles. The molecule has 0 saturated carbocycles. The van der Waals surface area contributed by atoms with Gasteiger partial charge in [0.05, 0.1) is 12.2 Å². The molecule has 3 unspecified atom stereocenters. The standard InChI is InChI=1S/C14H18BrNO3/c1-9(10-2-4-11(15)5-3-10)6-14(19)16-7-12(17)13(18)8-16/h2-5,9,12-13,17-18H,6-8H2,1H3. The summed E-state index contributed by atoms with van der Waals surface area (Å²) in [6.45, 7) is 2.46. The van der Waals surface area contributed by atoms with E-state index in [0.29, 0.717) is 6.42 Å². The van der Waals surface area contributed by atoms with Crippen LogP contribution in [-0.4, -0.2) is 46.3 Å². The molecule has 0 aromatic heterocycles. The Morgan fingerprint density at radius 1 is 1.32 bits per heavy atom. The van der Waals surface area contributed by atoms with Gasteiger partial charge < -0.3 is 15.1 Å². The van der Waals surface area contributed by atoms with Crippen LogP contribution in [0.3, 0.4) is 0 Å². The van der Waals surface area contributed by atoms with Crippen LogP contribution in [0, 0.1) is 0 Å². The molecule has 1 fully saturated rings. The molecule has 2 rings (SSSR count). The largest absolute Gasteiger partial charge is 0.388 e. The van der Waals surface area contributed by atoms with Gasteiger partial charge in [0.25, 0.3) is 0 Å². The maximum Gasteiger partial charge on any atom is 0.223 e. The number of halogens is 1. The van der Waals surface area contributed by atoms with Gasteiger partial charge in [-0.15, -0.1) is 0 Å². The lowest BCUT2D eigenvalue weighted by Gasteiger charge is -2.18. The number of hydrogen-bond acceptors (Lipinski definition) is 3. The quantitative estimate of drug-likeness (QED) is 0.884. The molecule has 1 saturated heterocycles. The summed E-state index contributed by atoms with van der Waals surface area (Å²) >= 11 is 3.38. The third-order valence-corrected chi connectivity index (χ3v) is 4.06. The zero-order valence-electron chi connectivity index (χ0n) is 10.8. The minimum atomic E-state index is -0.813. The zero-order valence-corrected chi connectivity index (χ0v) is 12.4. The van der Waals surface area contributed by atoms with Crippen molar-refractivity contribution in [3.63, 3.8) is 0 Å². The lowest BCUT2D eigenvalue weighted by molar-refractivity contribution is -0.131. The Kier molecular flexibility index (Phi) is 4.60. The molecule has 1 amide bonds. The smallest absolute Gasteiger partial charge is 0.223 e. The highest BCUT2D eigenvalue weighted by Gasteiger charge is 2.32. The summed E-state index contributed by atoms with van der Waals surface area (Å²) in [7, 11) is 0. The molecule has 5 heteroatoms. The van der Waals surface area contributed by atoms with Crippen LogP contribution >= 0.6 is 15.9 Å². The number of rotatable bonds is 3. The van der Waals surface area contributed by atoms with Gasteiger partial charge >= 0.3 is 0 Å². The number of carbonyl (C=O) groups excluding carboxylic acids is 1. The monoisotopic (exact) mass is 327 g/mol. The average molecular weight is 328 g/mol. The Labute approximate surface area is 121 Å². The Bertz CT molecular complexity index is 439. The van der Waals surface area contributed by atoms with Crippen LogP contribution in [0.2, 0.25) is 0 Å². The first-order valence-corrected chi connectivity index (χ1v) is 7.16. The zero-order chi connectivity index (χ0) is 14.0. The Balaban J connectivity index is 1.94. The molecular weight excluding hydrogens is 310 g/mol. The fourth-order valence-electron chi connectivity index (χ4n) is 2.27. The van der Waals surface area contributed by atoms with Gasteiger partial charge in [-0.3, -0.25) is 4.79 Å². The number of hydrogen-bond donors (Lipinski definition) is 2. The third-order valence-electron chi connectivity index (χ3n) is 3.53. The molecule has 1 aromatic rings. The highest BCUT2D eigenvalue weighted by molar-refractivity contribution is 9.10. The molecule has 1 aliphatic rings. The minimum Gasteiger partial charge on any atom is -0.388 e. The SMILES string of the molecule is CC(CC(=O)N1CC(O)C(O)C1)c1ccc(Br)cc1. The van der Waals surface area contributed by atoms with E-state index in [-0.39, 0.29) is 24.9 Å². The molecule has 0 bridgehead atoms. The van der Waals surface area contributed by atoms with Crippen LogP contribution in [0.25, 0.3) is 0 Å². The summed E-state index contributed by atoms with van der Waals surface area (Å²) in [6, 6.07) is 7.91. The summed E-state index contributed by atoms with van der Waals surface area (Å²) in [5.74, 6) is 0.0986. The van der Waals surface area contributed by atoms with E-state index in [2.05, 4.69) is 15.9 Å². The fourth-order valence-corrected chi connectivity index (χ4v) is 2.54. The summed E-state index contributed by atoms with van der Waals surface area (Å²) < 4.78 is 1.01. The van der Waals surface area contributed by atoms with E-state index in [4.69, 9.17) is 0 Å². The van der Waals surface area contributed by atoms with Gasteiger partial charge in [0.1, 0.15) is 0 Å². The summed E-state index contributed by atoms with van der Waals surface area (Å²) in [4.78, 5) is 13.6. The molecule has 0 spiro atoms. The number of aliphatic hydroxyl groups is 2. The second kappa shape index (κ2) is 6.03. The van der Waals surface area contributed by atoms with Crippen molar-refractivity contribution in [2.24, 2.45) is 0 Å². The second-order valence-electron chi connectivity index (χ2n) is 5.09. The van der Waals surface area contributed by atoms with E-state index in [1.165, 1.54) is 4.90 Å². The van der Waals surface area contributed by atoms with Crippen molar-refractivity contribution in [1.82, 2.24) is 4.90 Å². The van der Waals surface area contributed by atoms with Crippen molar-refractivity contribution in [3.8, 4) is 0 Å². The molecular formula is C14H18BrNO3. The lowest BCUT2D eigenvalue weighted by Crippen LogP contribution is -2.30. The number of benzene rings is 1. The first-order valence-electron chi connectivity index (χ1n) is 6.36. The number of β-amino-alcohol motifs (C(OH)–C–C–N with tert-alkyl or cyclic N) is 2. The van der Waals surface area contributed by atoms with E-state index >= 15 is 0 Å². The first-order chi connectivity index (χ1) is 8.97. The lowest BCUT2D eigenvalue weighted by atomic mass is 9.97. The van der Waals surface area contributed by atoms with Crippen LogP contribution in [0.5, 0.6) is 0 Å². The topological polar surface area (TPSA) is 60.8 Å². The van der Waals surface area contributed by atoms with Crippen LogP contribution in [-0.2, 0) is 4.79 Å². The molecule has 1 heterocycles. The van der Waals surface area contributed by atoms with Crippen molar-refractivity contribution in [2.75, 3.05) is 13.1 Å². The summed E-state index contributed by atoms with van der Waals surface area (Å²) in [5, 5.41) is 18.9. The van der Waals surface area contributed by atoms with Crippen molar-refractivity contribution in [2.45, 2.75) is 31.5 Å². The molecule has 1 aromatic carbocycles. The molecule has 2 N–H and O–H groups in total. The fraction of sp³-hybridized carbons (Fsp3) is 0.500. The second-order valence-corrected chi connectivity index (χ2v) is 6.01. The van der Waals surface area contributed by atoms with Crippen LogP contribution in [0.4, 0.5) is 0 Å². The molecule has 0 radical (unpaired) electrons. The minimum absolute atomic E-state index is 0.0222. The van der Waals surface area contributed by atoms with Crippen molar-refractivity contribution in [3.05, 3.63) is 34.3 Å². The number of likely N-dealkylation sites (tertiary alicyclic amines) is 1. The predicted octanol–water partition coefficient (Wildman–Crippen LogP) is 1.51. The third kappa shape index (κ3) is 3.55. The number of nitrogens with zero attached hydrogens (tertiary/aromatic N) is 1. The van der Waals surface area contributed by atoms with Gasteiger partial charge in [0.2, 0.25) is 5.91 Å². The van der Waals surface area contributed by atoms with Gasteiger partial charge in [0, 0.05) is 24.0 Å². The van der Waals surface area contributed by atoms with Crippen LogP contribution < -0.4 is 0 Å². The van der Waals surface area contributed by atoms with Gasteiger partial charge in [-0.2, -0.15) is 0 Å². The Hall–Kier alpha value is -0.910. The van der Waals surface area contributed by atoms with Crippen LogP contribution in [0.1, 0.15) is 24.8 Å². The molecule has 104 valence electrons. The maximum absolute atomic E-state index is 12.1. The highest BCUT2D eigenvalue weighted by Crippen LogP contribution is 2.23. The molecule has 4 nitrogen and oxygen atoms in total. The Morgan fingerprint density at radius 2 is 1.84 bits per heavy atom. The van der Waals surface area contributed by atoms with Crippen molar-refractivity contribution >= 4 is 21.8 Å². The van der Waals surface area contributed by atoms with E-state index in [1.807, 2.05) is 31.2 Å². The van der Waals surface area contributed by atoms with Crippen LogP contribution in [0.15, 0.2) is 28.7 Å². The average Bonchev–Trinajstić information content (AvgIpc) is 2.70. The molecule has 3 atom stereocenters. The highest BCUT2D eigenvalue weighted by atomic mass is 79.9. The number of aliphatic hydroxyl groups excluding tert-OH is 2. The van der Waals surface area contributed by atoms with Gasteiger partial charge in [-0.25, -0.2) is 0 Å². The summed E-state index contributed by atoms with van der Waals surface area (Å²) in [6.07, 6.45) is -1.24. The molecule has 19 heavy (non-hydrogen) atoms. The number of amides is 1. The molecule has 1 aliphatic heterocycles. The van der Waals surface area contributed by atoms with E-state index in [9.17, 15) is 15.0 Å².